The molecule has 0 fully saturated rings. The first-order chi connectivity index (χ1) is 6.00. The highest BCUT2D eigenvalue weighted by Gasteiger charge is 1.91. The third-order valence-corrected chi connectivity index (χ3v) is 0.985. The lowest BCUT2D eigenvalue weighted by atomic mass is 10.7. The standard InChI is InChI=1S/C5H5BrN2O/c1-9-5-7-3-2-4(6)8-5/h2-3H,1H3/i1D2,2D,3D. The fourth-order valence-corrected chi connectivity index (χ4v) is 0.552. The molecule has 48 valence electrons. The Balaban J connectivity index is 2.99. The summed E-state index contributed by atoms with van der Waals surface area (Å²) in [5.74, 6) is 0. The van der Waals surface area contributed by atoms with E-state index < -0.39 is 7.06 Å². The molecule has 0 aliphatic rings. The van der Waals surface area contributed by atoms with Crippen LogP contribution in [0.4, 0.5) is 0 Å². The van der Waals surface area contributed by atoms with Gasteiger partial charge in [0.25, 0.3) is 0 Å². The summed E-state index contributed by atoms with van der Waals surface area (Å²) < 4.78 is 32.5. The van der Waals surface area contributed by atoms with Crippen molar-refractivity contribution in [3.63, 3.8) is 0 Å². The van der Waals surface area contributed by atoms with Crippen molar-refractivity contribution in [3.8, 4) is 6.01 Å². The van der Waals surface area contributed by atoms with Gasteiger partial charge in [-0.2, -0.15) is 4.98 Å². The molecule has 0 aliphatic heterocycles. The van der Waals surface area contributed by atoms with Gasteiger partial charge < -0.3 is 4.74 Å². The zero-order valence-electron chi connectivity index (χ0n) is 8.26. The SMILES string of the molecule is [2H]c1nc(OC([2H])[2H])nc(Br)c1[2H]. The minimum atomic E-state index is -1.54. The molecule has 0 unspecified atom stereocenters. The van der Waals surface area contributed by atoms with Gasteiger partial charge in [-0.15, -0.1) is 0 Å². The summed E-state index contributed by atoms with van der Waals surface area (Å²) in [6, 6.07) is -0.401. The van der Waals surface area contributed by atoms with Crippen LogP contribution in [0.5, 0.6) is 6.01 Å². The molecule has 0 N–H and O–H groups in total. The number of hydrogen-bond acceptors (Lipinski definition) is 3. The van der Waals surface area contributed by atoms with E-state index >= 15 is 0 Å². The predicted octanol–water partition coefficient (Wildman–Crippen LogP) is 1.25. The van der Waals surface area contributed by atoms with Gasteiger partial charge in [0.15, 0.2) is 0 Å². The Morgan fingerprint density at radius 1 is 2.00 bits per heavy atom. The van der Waals surface area contributed by atoms with Gasteiger partial charge in [0, 0.05) is 6.17 Å². The van der Waals surface area contributed by atoms with E-state index in [1.807, 2.05) is 0 Å². The normalized spacial score (nSPS) is 15.8. The van der Waals surface area contributed by atoms with Crippen molar-refractivity contribution in [1.29, 1.82) is 0 Å². The summed E-state index contributed by atoms with van der Waals surface area (Å²) in [6.45, 7) is 0. The van der Waals surface area contributed by atoms with E-state index in [2.05, 4.69) is 30.6 Å². The topological polar surface area (TPSA) is 35.0 Å². The Bertz CT molecular complexity index is 298. The molecular formula is C5H5BrN2O. The van der Waals surface area contributed by atoms with Crippen LogP contribution < -0.4 is 4.74 Å². The summed E-state index contributed by atoms with van der Waals surface area (Å²) in [7, 11) is -1.54. The highest BCUT2D eigenvalue weighted by Crippen LogP contribution is 2.07. The molecular weight excluding hydrogens is 184 g/mol. The third-order valence-electron chi connectivity index (χ3n) is 0.610. The van der Waals surface area contributed by atoms with E-state index in [1.165, 1.54) is 0 Å². The average molecular weight is 193 g/mol. The fourth-order valence-electron chi connectivity index (χ4n) is 0.312. The van der Waals surface area contributed by atoms with Crippen LogP contribution in [-0.2, 0) is 0 Å². The molecule has 4 heteroatoms. The molecule has 1 aromatic heterocycles. The number of nitrogens with zero attached hydrogens (tertiary/aromatic N) is 2. The molecule has 0 spiro atoms. The monoisotopic (exact) mass is 192 g/mol. The number of halogens is 1. The second kappa shape index (κ2) is 2.77. The summed E-state index contributed by atoms with van der Waals surface area (Å²) in [5, 5.41) is 0. The highest BCUT2D eigenvalue weighted by atomic mass is 79.9. The van der Waals surface area contributed by atoms with Crippen LogP contribution in [0, 0.1) is 0 Å². The van der Waals surface area contributed by atoms with Crippen molar-refractivity contribution in [3.05, 3.63) is 16.8 Å². The average Bonchev–Trinajstić information content (AvgIpc) is 1.98. The zero-order valence-corrected chi connectivity index (χ0v) is 5.84. The second-order valence-corrected chi connectivity index (χ2v) is 1.90. The summed E-state index contributed by atoms with van der Waals surface area (Å²) in [5.41, 5.74) is 0. The quantitative estimate of drug-likeness (QED) is 0.629. The Labute approximate surface area is 66.8 Å². The van der Waals surface area contributed by atoms with E-state index in [9.17, 15) is 0 Å². The van der Waals surface area contributed by atoms with E-state index in [4.69, 9.17) is 5.48 Å². The van der Waals surface area contributed by atoms with Crippen molar-refractivity contribution in [1.82, 2.24) is 9.97 Å². The van der Waals surface area contributed by atoms with Gasteiger partial charge in [0.05, 0.1) is 12.5 Å². The van der Waals surface area contributed by atoms with Crippen LogP contribution in [0.15, 0.2) is 16.8 Å². The largest absolute Gasteiger partial charge is 0.467 e. The van der Waals surface area contributed by atoms with Gasteiger partial charge in [0.2, 0.25) is 0 Å². The van der Waals surface area contributed by atoms with Crippen molar-refractivity contribution in [2.75, 3.05) is 7.06 Å². The molecule has 1 aromatic rings. The molecule has 1 heterocycles. The smallest absolute Gasteiger partial charge is 0.317 e. The Hall–Kier alpha value is -0.640. The Morgan fingerprint density at radius 3 is 3.56 bits per heavy atom. The molecule has 0 aromatic carbocycles. The molecule has 0 bridgehead atoms. The minimum absolute atomic E-state index is 0.114. The second-order valence-electron chi connectivity index (χ2n) is 1.15. The van der Waals surface area contributed by atoms with Crippen LogP contribution >= 0.6 is 15.9 Å². The lowest BCUT2D eigenvalue weighted by Crippen LogP contribution is -1.89. The molecule has 0 radical (unpaired) electrons. The lowest BCUT2D eigenvalue weighted by molar-refractivity contribution is 0.379. The first-order valence-corrected chi connectivity index (χ1v) is 2.82. The lowest BCUT2D eigenvalue weighted by Gasteiger charge is -1.94. The molecule has 0 saturated heterocycles. The van der Waals surface area contributed by atoms with Gasteiger partial charge >= 0.3 is 6.01 Å². The molecule has 3 nitrogen and oxygen atoms in total. The van der Waals surface area contributed by atoms with Crippen LogP contribution in [0.25, 0.3) is 0 Å². The molecule has 0 saturated carbocycles. The van der Waals surface area contributed by atoms with Crippen LogP contribution in [0.1, 0.15) is 5.48 Å². The molecule has 0 atom stereocenters. The van der Waals surface area contributed by atoms with Crippen LogP contribution in [-0.4, -0.2) is 17.0 Å². The number of methoxy groups -OCH3 is 1. The summed E-state index contributed by atoms with van der Waals surface area (Å²) in [4.78, 5) is 7.06. The predicted molar refractivity (Wildman–Crippen MR) is 36.3 cm³/mol. The maximum atomic E-state index is 7.21. The van der Waals surface area contributed by atoms with E-state index in [0.717, 1.165) is 0 Å². The number of ether oxygens (including phenoxy) is 1. The van der Waals surface area contributed by atoms with E-state index in [-0.39, 0.29) is 22.8 Å². The Kier molecular flexibility index (Phi) is 0.914. The third kappa shape index (κ3) is 1.64. The maximum Gasteiger partial charge on any atom is 0.317 e. The highest BCUT2D eigenvalue weighted by molar-refractivity contribution is 9.10. The van der Waals surface area contributed by atoms with Crippen LogP contribution in [0.3, 0.4) is 0 Å². The van der Waals surface area contributed by atoms with Crippen molar-refractivity contribution in [2.24, 2.45) is 0 Å². The van der Waals surface area contributed by atoms with Gasteiger partial charge in [-0.25, -0.2) is 4.98 Å². The first-order valence-electron chi connectivity index (χ1n) is 4.18. The van der Waals surface area contributed by atoms with Gasteiger partial charge in [-0.05, 0) is 22.0 Å². The van der Waals surface area contributed by atoms with Crippen molar-refractivity contribution in [2.45, 2.75) is 0 Å². The van der Waals surface area contributed by atoms with E-state index in [1.54, 1.807) is 0 Å². The summed E-state index contributed by atoms with van der Waals surface area (Å²) >= 11 is 2.93. The Morgan fingerprint density at radius 2 is 2.89 bits per heavy atom. The van der Waals surface area contributed by atoms with Gasteiger partial charge in [-0.1, -0.05) is 0 Å². The van der Waals surface area contributed by atoms with Crippen molar-refractivity contribution >= 4 is 15.9 Å². The van der Waals surface area contributed by atoms with Crippen molar-refractivity contribution < 1.29 is 10.2 Å². The zero-order chi connectivity index (χ0) is 10.0. The molecule has 9 heavy (non-hydrogen) atoms. The van der Waals surface area contributed by atoms with Gasteiger partial charge in [0.1, 0.15) is 4.60 Å². The summed E-state index contributed by atoms with van der Waals surface area (Å²) in [6.07, 6.45) is -0.308. The van der Waals surface area contributed by atoms with Crippen LogP contribution in [0.2, 0.25) is 0 Å². The van der Waals surface area contributed by atoms with E-state index in [0.29, 0.717) is 0 Å². The molecule has 0 aliphatic carbocycles. The number of hydrogen-bond donors (Lipinski definition) is 0. The first kappa shape index (κ1) is 2.96. The maximum absolute atomic E-state index is 7.21. The number of rotatable bonds is 1. The molecule has 1 rings (SSSR count). The molecule has 0 amide bonds. The minimum Gasteiger partial charge on any atom is -0.467 e. The number of aromatic nitrogens is 2. The van der Waals surface area contributed by atoms with Gasteiger partial charge in [-0.3, -0.25) is 0 Å². The fraction of sp³-hybridized carbons (Fsp3) is 0.200.